The molecule has 3 aliphatic heterocycles. The minimum absolute atomic E-state index is 0.0625. The van der Waals surface area contributed by atoms with Crippen molar-refractivity contribution in [3.8, 4) is 5.75 Å². The van der Waals surface area contributed by atoms with Gasteiger partial charge in [0.25, 0.3) is 0 Å². The molecule has 3 saturated heterocycles. The van der Waals surface area contributed by atoms with E-state index in [-0.39, 0.29) is 6.04 Å². The summed E-state index contributed by atoms with van der Waals surface area (Å²) in [5.41, 5.74) is 1.54. The lowest BCUT2D eigenvalue weighted by Crippen LogP contribution is -2.59. The lowest BCUT2D eigenvalue weighted by molar-refractivity contribution is -0.0752. The lowest BCUT2D eigenvalue weighted by Gasteiger charge is -2.53. The molecule has 25 heavy (non-hydrogen) atoms. The molecule has 1 aromatic heterocycles. The Kier molecular flexibility index (Phi) is 4.38. The Hall–Kier alpha value is -1.36. The highest BCUT2D eigenvalue weighted by atomic mass is 35.5. The predicted molar refractivity (Wildman–Crippen MR) is 99.9 cm³/mol. The van der Waals surface area contributed by atoms with E-state index in [4.69, 9.17) is 16.3 Å². The highest BCUT2D eigenvalue weighted by Crippen LogP contribution is 2.47. The van der Waals surface area contributed by atoms with Gasteiger partial charge in [-0.2, -0.15) is 0 Å². The molecule has 134 valence electrons. The van der Waals surface area contributed by atoms with Crippen molar-refractivity contribution in [1.82, 2.24) is 9.88 Å². The van der Waals surface area contributed by atoms with Crippen molar-refractivity contribution in [2.24, 2.45) is 11.8 Å². The van der Waals surface area contributed by atoms with Crippen LogP contribution in [0.2, 0.25) is 0 Å². The Morgan fingerprint density at radius 2 is 2.24 bits per heavy atom. The van der Waals surface area contributed by atoms with Gasteiger partial charge in [0.2, 0.25) is 0 Å². The first-order valence-corrected chi connectivity index (χ1v) is 9.51. The first kappa shape index (κ1) is 17.1. The number of fused-ring (bicyclic) bond motifs is 4. The van der Waals surface area contributed by atoms with Crippen LogP contribution in [-0.2, 0) is 5.06 Å². The summed E-state index contributed by atoms with van der Waals surface area (Å²) >= 11 is 6.85. The molecule has 4 nitrogen and oxygen atoms in total. The molecule has 3 aliphatic rings. The van der Waals surface area contributed by atoms with Gasteiger partial charge in [0.15, 0.2) is 5.06 Å². The van der Waals surface area contributed by atoms with Gasteiger partial charge < -0.3 is 9.84 Å². The van der Waals surface area contributed by atoms with Gasteiger partial charge in [-0.15, -0.1) is 0 Å². The van der Waals surface area contributed by atoms with Gasteiger partial charge in [-0.05, 0) is 55.5 Å². The number of piperidine rings is 3. The molecule has 0 radical (unpaired) electrons. The Balaban J connectivity index is 1.75. The van der Waals surface area contributed by atoms with E-state index in [9.17, 15) is 5.11 Å². The number of aromatic nitrogens is 1. The van der Waals surface area contributed by atoms with E-state index >= 15 is 0 Å². The average molecular weight is 361 g/mol. The van der Waals surface area contributed by atoms with E-state index in [1.54, 1.807) is 13.3 Å². The molecule has 2 bridgehead atoms. The van der Waals surface area contributed by atoms with Crippen LogP contribution in [0.3, 0.4) is 0 Å². The van der Waals surface area contributed by atoms with Gasteiger partial charge in [-0.1, -0.05) is 24.9 Å². The van der Waals surface area contributed by atoms with Crippen LogP contribution in [0.4, 0.5) is 0 Å². The van der Waals surface area contributed by atoms with Gasteiger partial charge in [0.1, 0.15) is 5.75 Å². The number of rotatable bonds is 4. The van der Waals surface area contributed by atoms with Crippen LogP contribution in [0.25, 0.3) is 10.9 Å². The number of alkyl halides is 1. The number of aliphatic hydroxyl groups is 1. The quantitative estimate of drug-likeness (QED) is 0.843. The van der Waals surface area contributed by atoms with Gasteiger partial charge in [-0.3, -0.25) is 9.88 Å². The SMILES string of the molecule is CC[C@H]1CN2CCC1C[C@H]2[C@](O)(Cl)c1ccnc2ccc(OC)cc12. The van der Waals surface area contributed by atoms with E-state index in [2.05, 4.69) is 16.8 Å². The maximum Gasteiger partial charge on any atom is 0.180 e. The largest absolute Gasteiger partial charge is 0.497 e. The zero-order valence-corrected chi connectivity index (χ0v) is 15.5. The van der Waals surface area contributed by atoms with E-state index in [0.717, 1.165) is 47.6 Å². The van der Waals surface area contributed by atoms with Crippen LogP contribution in [0.5, 0.6) is 5.75 Å². The Bertz CT molecular complexity index is 779. The molecule has 2 aromatic rings. The molecule has 1 aromatic carbocycles. The van der Waals surface area contributed by atoms with E-state index in [1.807, 2.05) is 24.3 Å². The molecule has 3 fully saturated rings. The van der Waals surface area contributed by atoms with E-state index in [0.29, 0.717) is 5.92 Å². The molecular formula is C20H25ClN2O2. The molecular weight excluding hydrogens is 336 g/mol. The summed E-state index contributed by atoms with van der Waals surface area (Å²) in [6.45, 7) is 4.32. The number of hydrogen-bond donors (Lipinski definition) is 1. The van der Waals surface area contributed by atoms with Crippen molar-refractivity contribution in [1.29, 1.82) is 0 Å². The molecule has 5 heteroatoms. The number of hydrogen-bond acceptors (Lipinski definition) is 4. The fourth-order valence-electron chi connectivity index (χ4n) is 4.74. The Morgan fingerprint density at radius 3 is 2.92 bits per heavy atom. The van der Waals surface area contributed by atoms with E-state index < -0.39 is 5.06 Å². The third kappa shape index (κ3) is 2.80. The lowest BCUT2D eigenvalue weighted by atomic mass is 9.72. The van der Waals surface area contributed by atoms with Gasteiger partial charge in [0.05, 0.1) is 18.7 Å². The van der Waals surface area contributed by atoms with Gasteiger partial charge in [-0.25, -0.2) is 0 Å². The fourth-order valence-corrected chi connectivity index (χ4v) is 5.13. The fraction of sp³-hybridized carbons (Fsp3) is 0.550. The van der Waals surface area contributed by atoms with Gasteiger partial charge in [0, 0.05) is 23.7 Å². The van der Waals surface area contributed by atoms with Crippen molar-refractivity contribution in [2.45, 2.75) is 37.3 Å². The van der Waals surface area contributed by atoms with E-state index in [1.165, 1.54) is 12.8 Å². The first-order chi connectivity index (χ1) is 12.0. The summed E-state index contributed by atoms with van der Waals surface area (Å²) in [6.07, 6.45) is 5.09. The van der Waals surface area contributed by atoms with Crippen LogP contribution in [0.15, 0.2) is 30.5 Å². The molecule has 0 amide bonds. The summed E-state index contributed by atoms with van der Waals surface area (Å²) in [5.74, 6) is 2.13. The second-order valence-corrected chi connectivity index (χ2v) is 7.95. The Labute approximate surface area is 153 Å². The Morgan fingerprint density at radius 1 is 1.40 bits per heavy atom. The summed E-state index contributed by atoms with van der Waals surface area (Å²) in [5, 5.41) is 10.8. The van der Waals surface area contributed by atoms with Crippen molar-refractivity contribution >= 4 is 22.5 Å². The second-order valence-electron chi connectivity index (χ2n) is 7.38. The highest BCUT2D eigenvalue weighted by molar-refractivity contribution is 6.24. The molecule has 2 unspecified atom stereocenters. The maximum absolute atomic E-state index is 11.4. The zero-order chi connectivity index (χ0) is 17.6. The monoisotopic (exact) mass is 360 g/mol. The zero-order valence-electron chi connectivity index (χ0n) is 14.8. The molecule has 0 spiro atoms. The summed E-state index contributed by atoms with van der Waals surface area (Å²) in [4.78, 5) is 6.79. The van der Waals surface area contributed by atoms with Crippen molar-refractivity contribution in [3.63, 3.8) is 0 Å². The number of nitrogens with zero attached hydrogens (tertiary/aromatic N) is 2. The van der Waals surface area contributed by atoms with Crippen LogP contribution in [-0.4, -0.2) is 41.2 Å². The van der Waals surface area contributed by atoms with Crippen molar-refractivity contribution in [2.75, 3.05) is 20.2 Å². The minimum Gasteiger partial charge on any atom is -0.497 e. The molecule has 5 atom stereocenters. The standard InChI is InChI=1S/C20H25ClN2O2/c1-3-13-12-23-9-7-14(13)10-19(23)20(21,24)17-6-8-22-18-5-4-15(25-2)11-16(17)18/h4-6,8,11,13-14,19,24H,3,7,9-10,12H2,1-2H3/t13-,14?,19-,20-/m0/s1. The number of halogens is 1. The predicted octanol–water partition coefficient (Wildman–Crippen LogP) is 3.75. The van der Waals surface area contributed by atoms with Crippen LogP contribution < -0.4 is 4.74 Å². The maximum atomic E-state index is 11.4. The minimum atomic E-state index is -1.43. The van der Waals surface area contributed by atoms with Gasteiger partial charge >= 0.3 is 0 Å². The van der Waals surface area contributed by atoms with Crippen LogP contribution >= 0.6 is 11.6 Å². The first-order valence-electron chi connectivity index (χ1n) is 9.13. The molecule has 0 aliphatic carbocycles. The number of pyridine rings is 1. The molecule has 0 saturated carbocycles. The second kappa shape index (κ2) is 6.42. The van der Waals surface area contributed by atoms with Crippen LogP contribution in [0.1, 0.15) is 31.7 Å². The number of benzene rings is 1. The highest BCUT2D eigenvalue weighted by Gasteiger charge is 2.49. The van der Waals surface area contributed by atoms with Crippen molar-refractivity contribution < 1.29 is 9.84 Å². The number of ether oxygens (including phenoxy) is 1. The third-order valence-corrected chi connectivity index (χ3v) is 6.64. The smallest absolute Gasteiger partial charge is 0.180 e. The normalized spacial score (nSPS) is 31.0. The average Bonchev–Trinajstić information content (AvgIpc) is 2.67. The van der Waals surface area contributed by atoms with Crippen molar-refractivity contribution in [3.05, 3.63) is 36.0 Å². The molecule has 1 N–H and O–H groups in total. The molecule has 4 heterocycles. The third-order valence-electron chi connectivity index (χ3n) is 6.18. The van der Waals surface area contributed by atoms with Crippen LogP contribution in [0, 0.1) is 11.8 Å². The molecule has 5 rings (SSSR count). The summed E-state index contributed by atoms with van der Waals surface area (Å²) in [6, 6.07) is 7.48. The summed E-state index contributed by atoms with van der Waals surface area (Å²) < 4.78 is 5.35. The topological polar surface area (TPSA) is 45.6 Å². The summed E-state index contributed by atoms with van der Waals surface area (Å²) in [7, 11) is 1.64. The number of methoxy groups -OCH3 is 1.